The average Bonchev–Trinajstić information content (AvgIpc) is 2.74. The number of fused-ring (bicyclic) bond motifs is 3. The lowest BCUT2D eigenvalue weighted by Gasteiger charge is -2.05. The molecule has 0 aliphatic heterocycles. The minimum absolute atomic E-state index is 0.319. The summed E-state index contributed by atoms with van der Waals surface area (Å²) in [6, 6.07) is 7.47. The van der Waals surface area contributed by atoms with E-state index >= 15 is 0 Å². The van der Waals surface area contributed by atoms with Crippen LogP contribution in [0.1, 0.15) is 25.3 Å². The van der Waals surface area contributed by atoms with Gasteiger partial charge in [0.05, 0.1) is 5.52 Å². The van der Waals surface area contributed by atoms with Crippen LogP contribution in [0.4, 0.5) is 0 Å². The van der Waals surface area contributed by atoms with Gasteiger partial charge in [0.15, 0.2) is 11.5 Å². The number of phenols is 3. The summed E-state index contributed by atoms with van der Waals surface area (Å²) in [5.41, 5.74) is 2.48. The summed E-state index contributed by atoms with van der Waals surface area (Å²) < 4.78 is 0. The fourth-order valence-corrected chi connectivity index (χ4v) is 2.37. The molecule has 0 aliphatic carbocycles. The number of aromatic nitrogens is 1. The number of rotatable bonds is 1. The Bertz CT molecular complexity index is 787. The molecule has 4 heteroatoms. The first-order valence-corrected chi connectivity index (χ1v) is 6.18. The van der Waals surface area contributed by atoms with Gasteiger partial charge in [-0.2, -0.15) is 0 Å². The standard InChI is InChI=1S/C15H15NO3/c1-7(2)8-3-4-11-9(5-8)10-6-12(17)14(18)15(19)13(10)16-11/h3-7,16-19H,1-2H3. The molecule has 19 heavy (non-hydrogen) atoms. The highest BCUT2D eigenvalue weighted by Crippen LogP contribution is 2.43. The van der Waals surface area contributed by atoms with E-state index in [1.807, 2.05) is 18.2 Å². The zero-order valence-corrected chi connectivity index (χ0v) is 10.7. The van der Waals surface area contributed by atoms with Crippen LogP contribution in [0.15, 0.2) is 24.3 Å². The number of benzene rings is 2. The second kappa shape index (κ2) is 3.82. The molecular weight excluding hydrogens is 242 g/mol. The van der Waals surface area contributed by atoms with E-state index in [-0.39, 0.29) is 11.5 Å². The van der Waals surface area contributed by atoms with Crippen molar-refractivity contribution in [1.82, 2.24) is 4.98 Å². The zero-order chi connectivity index (χ0) is 13.7. The fourth-order valence-electron chi connectivity index (χ4n) is 2.37. The maximum atomic E-state index is 9.88. The smallest absolute Gasteiger partial charge is 0.202 e. The summed E-state index contributed by atoms with van der Waals surface area (Å²) in [6.07, 6.45) is 0. The van der Waals surface area contributed by atoms with Crippen LogP contribution in [-0.4, -0.2) is 20.3 Å². The van der Waals surface area contributed by atoms with Gasteiger partial charge in [-0.05, 0) is 29.7 Å². The average molecular weight is 257 g/mol. The SMILES string of the molecule is CC(C)c1ccc2[nH]c3c(O)c(O)c(O)cc3c2c1. The van der Waals surface area contributed by atoms with Gasteiger partial charge < -0.3 is 20.3 Å². The van der Waals surface area contributed by atoms with Crippen molar-refractivity contribution >= 4 is 21.8 Å². The normalized spacial score (nSPS) is 11.7. The molecule has 1 heterocycles. The third-order valence-electron chi connectivity index (χ3n) is 3.51. The lowest BCUT2D eigenvalue weighted by atomic mass is 10.0. The highest BCUT2D eigenvalue weighted by Gasteiger charge is 2.15. The van der Waals surface area contributed by atoms with Crippen molar-refractivity contribution in [3.8, 4) is 17.2 Å². The molecule has 98 valence electrons. The number of hydrogen-bond donors (Lipinski definition) is 4. The van der Waals surface area contributed by atoms with Crippen molar-refractivity contribution in [2.24, 2.45) is 0 Å². The number of hydrogen-bond acceptors (Lipinski definition) is 3. The largest absolute Gasteiger partial charge is 0.504 e. The van der Waals surface area contributed by atoms with Crippen molar-refractivity contribution in [1.29, 1.82) is 0 Å². The van der Waals surface area contributed by atoms with Crippen LogP contribution >= 0.6 is 0 Å². The van der Waals surface area contributed by atoms with Gasteiger partial charge in [0, 0.05) is 16.3 Å². The number of aromatic amines is 1. The Balaban J connectivity index is 2.45. The van der Waals surface area contributed by atoms with Crippen LogP contribution in [0, 0.1) is 0 Å². The van der Waals surface area contributed by atoms with Crippen LogP contribution in [0.2, 0.25) is 0 Å². The molecule has 0 bridgehead atoms. The Morgan fingerprint density at radius 1 is 0.947 bits per heavy atom. The minimum atomic E-state index is -0.497. The molecule has 0 fully saturated rings. The van der Waals surface area contributed by atoms with Crippen molar-refractivity contribution in [3.05, 3.63) is 29.8 Å². The zero-order valence-electron chi connectivity index (χ0n) is 10.7. The number of nitrogens with one attached hydrogen (secondary N) is 1. The summed E-state index contributed by atoms with van der Waals surface area (Å²) in [4.78, 5) is 3.06. The van der Waals surface area contributed by atoms with Gasteiger partial charge in [-0.25, -0.2) is 0 Å². The van der Waals surface area contributed by atoms with Crippen molar-refractivity contribution in [2.75, 3.05) is 0 Å². The maximum absolute atomic E-state index is 9.88. The molecule has 3 rings (SSSR count). The lowest BCUT2D eigenvalue weighted by molar-refractivity contribution is 0.371. The molecule has 0 saturated carbocycles. The van der Waals surface area contributed by atoms with Crippen molar-refractivity contribution in [2.45, 2.75) is 19.8 Å². The first kappa shape index (κ1) is 11.7. The Kier molecular flexibility index (Phi) is 2.35. The summed E-state index contributed by atoms with van der Waals surface area (Å²) >= 11 is 0. The molecule has 4 nitrogen and oxygen atoms in total. The van der Waals surface area contributed by atoms with Gasteiger partial charge in [-0.3, -0.25) is 0 Å². The van der Waals surface area contributed by atoms with Crippen LogP contribution < -0.4 is 0 Å². The van der Waals surface area contributed by atoms with E-state index in [1.54, 1.807) is 0 Å². The van der Waals surface area contributed by atoms with Crippen LogP contribution in [0.5, 0.6) is 17.2 Å². The van der Waals surface area contributed by atoms with Gasteiger partial charge in [-0.1, -0.05) is 19.9 Å². The number of H-pyrrole nitrogens is 1. The molecule has 0 spiro atoms. The van der Waals surface area contributed by atoms with E-state index in [0.29, 0.717) is 16.8 Å². The van der Waals surface area contributed by atoms with E-state index in [9.17, 15) is 15.3 Å². The van der Waals surface area contributed by atoms with E-state index in [4.69, 9.17) is 0 Å². The first-order valence-electron chi connectivity index (χ1n) is 6.18. The molecule has 0 atom stereocenters. The summed E-state index contributed by atoms with van der Waals surface area (Å²) in [5.74, 6) is -0.741. The monoisotopic (exact) mass is 257 g/mol. The van der Waals surface area contributed by atoms with Crippen LogP contribution in [0.25, 0.3) is 21.8 Å². The van der Waals surface area contributed by atoms with E-state index < -0.39 is 5.75 Å². The second-order valence-corrected chi connectivity index (χ2v) is 5.10. The molecule has 0 amide bonds. The van der Waals surface area contributed by atoms with E-state index in [0.717, 1.165) is 10.9 Å². The Labute approximate surface area is 109 Å². The fraction of sp³-hybridized carbons (Fsp3) is 0.200. The van der Waals surface area contributed by atoms with E-state index in [1.165, 1.54) is 11.6 Å². The van der Waals surface area contributed by atoms with Gasteiger partial charge in [0.2, 0.25) is 5.75 Å². The number of phenolic OH excluding ortho intramolecular Hbond substituents is 3. The van der Waals surface area contributed by atoms with Gasteiger partial charge in [-0.15, -0.1) is 0 Å². The van der Waals surface area contributed by atoms with Crippen molar-refractivity contribution in [3.63, 3.8) is 0 Å². The number of aromatic hydroxyl groups is 3. The molecular formula is C15H15NO3. The lowest BCUT2D eigenvalue weighted by Crippen LogP contribution is -1.85. The highest BCUT2D eigenvalue weighted by molar-refractivity contribution is 6.10. The molecule has 0 aliphatic rings. The molecule has 4 N–H and O–H groups in total. The Morgan fingerprint density at radius 2 is 1.68 bits per heavy atom. The van der Waals surface area contributed by atoms with Gasteiger partial charge in [0.1, 0.15) is 0 Å². The van der Waals surface area contributed by atoms with E-state index in [2.05, 4.69) is 18.8 Å². The molecule has 1 aromatic heterocycles. The third-order valence-corrected chi connectivity index (χ3v) is 3.51. The second-order valence-electron chi connectivity index (χ2n) is 5.10. The molecule has 2 aromatic carbocycles. The topological polar surface area (TPSA) is 76.5 Å². The third kappa shape index (κ3) is 1.60. The molecule has 3 aromatic rings. The molecule has 0 unspecified atom stereocenters. The molecule has 0 radical (unpaired) electrons. The summed E-state index contributed by atoms with van der Waals surface area (Å²) in [5, 5.41) is 30.7. The Morgan fingerprint density at radius 3 is 2.37 bits per heavy atom. The van der Waals surface area contributed by atoms with Gasteiger partial charge >= 0.3 is 0 Å². The van der Waals surface area contributed by atoms with Crippen molar-refractivity contribution < 1.29 is 15.3 Å². The van der Waals surface area contributed by atoms with Gasteiger partial charge in [0.25, 0.3) is 0 Å². The van der Waals surface area contributed by atoms with Crippen LogP contribution in [-0.2, 0) is 0 Å². The minimum Gasteiger partial charge on any atom is -0.504 e. The predicted molar refractivity (Wildman–Crippen MR) is 74.9 cm³/mol. The first-order chi connectivity index (χ1) is 8.99. The molecule has 0 saturated heterocycles. The van der Waals surface area contributed by atoms with Crippen LogP contribution in [0.3, 0.4) is 0 Å². The summed E-state index contributed by atoms with van der Waals surface area (Å²) in [7, 11) is 0. The summed E-state index contributed by atoms with van der Waals surface area (Å²) in [6.45, 7) is 4.22. The maximum Gasteiger partial charge on any atom is 0.202 e. The highest BCUT2D eigenvalue weighted by atomic mass is 16.3. The predicted octanol–water partition coefficient (Wildman–Crippen LogP) is 3.56. The quantitative estimate of drug-likeness (QED) is 0.503. The Hall–Kier alpha value is -2.36.